The molecule has 2 rings (SSSR count). The Morgan fingerprint density at radius 1 is 1.35 bits per heavy atom. The molecule has 0 fully saturated rings. The Hall–Kier alpha value is -1.75. The lowest BCUT2D eigenvalue weighted by Crippen LogP contribution is -2.26. The molecule has 6 heteroatoms. The van der Waals surface area contributed by atoms with Gasteiger partial charge in [0, 0.05) is 0 Å². The highest BCUT2D eigenvalue weighted by molar-refractivity contribution is 6.32. The molecule has 0 aliphatic rings. The van der Waals surface area contributed by atoms with E-state index in [1.807, 2.05) is 39.8 Å². The van der Waals surface area contributed by atoms with Crippen molar-refractivity contribution in [2.75, 3.05) is 5.32 Å². The molecule has 0 spiro atoms. The molecule has 0 aliphatic heterocycles. The van der Waals surface area contributed by atoms with Crippen molar-refractivity contribution in [3.63, 3.8) is 0 Å². The lowest BCUT2D eigenvalue weighted by Gasteiger charge is -2.15. The molecule has 1 N–H and O–H groups in total. The highest BCUT2D eigenvalue weighted by Gasteiger charge is 2.15. The Labute approximate surface area is 122 Å². The minimum atomic E-state index is -0.297. The topological polar surface area (TPSA) is 60.1 Å². The van der Waals surface area contributed by atoms with E-state index in [1.54, 1.807) is 6.20 Å². The van der Waals surface area contributed by atoms with Crippen molar-refractivity contribution < 1.29 is 4.42 Å². The summed E-state index contributed by atoms with van der Waals surface area (Å²) in [7, 11) is 0. The third kappa shape index (κ3) is 2.88. The van der Waals surface area contributed by atoms with E-state index in [0.29, 0.717) is 5.69 Å². The zero-order valence-corrected chi connectivity index (χ0v) is 12.7. The van der Waals surface area contributed by atoms with Gasteiger partial charge in [0.15, 0.2) is 0 Å². The largest absolute Gasteiger partial charge is 0.464 e. The molecule has 0 radical (unpaired) electrons. The van der Waals surface area contributed by atoms with Crippen molar-refractivity contribution in [1.82, 2.24) is 9.78 Å². The van der Waals surface area contributed by atoms with E-state index in [4.69, 9.17) is 16.0 Å². The van der Waals surface area contributed by atoms with Crippen LogP contribution in [0.1, 0.15) is 44.4 Å². The third-order valence-electron chi connectivity index (χ3n) is 2.99. The molecule has 2 aromatic heterocycles. The van der Waals surface area contributed by atoms with Crippen LogP contribution in [0.15, 0.2) is 27.5 Å². The number of rotatable bonds is 4. The molecular formula is C14H18ClN3O2. The lowest BCUT2D eigenvalue weighted by atomic mass is 10.2. The molecule has 1 atom stereocenters. The molecular weight excluding hydrogens is 278 g/mol. The van der Waals surface area contributed by atoms with E-state index in [0.717, 1.165) is 11.5 Å². The van der Waals surface area contributed by atoms with Gasteiger partial charge in [-0.25, -0.2) is 4.68 Å². The molecule has 5 nitrogen and oxygen atoms in total. The third-order valence-corrected chi connectivity index (χ3v) is 3.36. The summed E-state index contributed by atoms with van der Waals surface area (Å²) in [5.41, 5.74) is 0.213. The Balaban J connectivity index is 2.26. The number of aryl methyl sites for hydroxylation is 1. The van der Waals surface area contributed by atoms with Crippen molar-refractivity contribution in [2.45, 2.75) is 39.8 Å². The Kier molecular flexibility index (Phi) is 4.18. The van der Waals surface area contributed by atoms with Gasteiger partial charge in [0.25, 0.3) is 5.56 Å². The first kappa shape index (κ1) is 14.7. The SMILES string of the molecule is Cc1ccc(C(C)Nc2cnn(C(C)C)c(=O)c2Cl)o1. The smallest absolute Gasteiger partial charge is 0.287 e. The molecule has 1 unspecified atom stereocenters. The van der Waals surface area contributed by atoms with Crippen LogP contribution in [0.25, 0.3) is 0 Å². The number of aromatic nitrogens is 2. The van der Waals surface area contributed by atoms with Crippen LogP contribution < -0.4 is 10.9 Å². The molecule has 0 saturated carbocycles. The number of anilines is 1. The number of furan rings is 1. The van der Waals surface area contributed by atoms with E-state index in [-0.39, 0.29) is 22.7 Å². The number of halogens is 1. The predicted molar refractivity (Wildman–Crippen MR) is 79.4 cm³/mol. The van der Waals surface area contributed by atoms with Gasteiger partial charge < -0.3 is 9.73 Å². The summed E-state index contributed by atoms with van der Waals surface area (Å²) in [6.07, 6.45) is 1.57. The van der Waals surface area contributed by atoms with Crippen molar-refractivity contribution >= 4 is 17.3 Å². The normalized spacial score (nSPS) is 12.7. The second-order valence-corrected chi connectivity index (χ2v) is 5.41. The highest BCUT2D eigenvalue weighted by atomic mass is 35.5. The van der Waals surface area contributed by atoms with E-state index >= 15 is 0 Å². The molecule has 2 aromatic rings. The molecule has 0 aliphatic carbocycles. The maximum atomic E-state index is 12.1. The minimum Gasteiger partial charge on any atom is -0.464 e. The molecule has 0 bridgehead atoms. The maximum Gasteiger partial charge on any atom is 0.287 e. The number of hydrogen-bond donors (Lipinski definition) is 1. The van der Waals surface area contributed by atoms with Crippen molar-refractivity contribution in [3.05, 3.63) is 45.2 Å². The van der Waals surface area contributed by atoms with E-state index in [9.17, 15) is 4.79 Å². The van der Waals surface area contributed by atoms with Gasteiger partial charge >= 0.3 is 0 Å². The van der Waals surface area contributed by atoms with Crippen molar-refractivity contribution in [3.8, 4) is 0 Å². The molecule has 0 amide bonds. The summed E-state index contributed by atoms with van der Waals surface area (Å²) in [6.45, 7) is 7.58. The van der Waals surface area contributed by atoms with Crippen LogP contribution in [0, 0.1) is 6.92 Å². The van der Waals surface area contributed by atoms with E-state index in [1.165, 1.54) is 4.68 Å². The fourth-order valence-electron chi connectivity index (χ4n) is 1.90. The number of nitrogens with one attached hydrogen (secondary N) is 1. The molecule has 20 heavy (non-hydrogen) atoms. The van der Waals surface area contributed by atoms with Gasteiger partial charge in [-0.2, -0.15) is 5.10 Å². The summed E-state index contributed by atoms with van der Waals surface area (Å²) < 4.78 is 6.90. The van der Waals surface area contributed by atoms with Crippen LogP contribution >= 0.6 is 11.6 Å². The fraction of sp³-hybridized carbons (Fsp3) is 0.429. The Morgan fingerprint density at radius 2 is 2.05 bits per heavy atom. The molecule has 0 aromatic carbocycles. The van der Waals surface area contributed by atoms with Gasteiger partial charge in [0.2, 0.25) is 0 Å². The fourth-order valence-corrected chi connectivity index (χ4v) is 2.09. The molecule has 0 saturated heterocycles. The first-order valence-corrected chi connectivity index (χ1v) is 6.88. The molecule has 2 heterocycles. The molecule has 108 valence electrons. The predicted octanol–water partition coefficient (Wildman–Crippen LogP) is 3.55. The summed E-state index contributed by atoms with van der Waals surface area (Å²) in [6, 6.07) is 3.66. The van der Waals surface area contributed by atoms with Crippen LogP contribution in [-0.2, 0) is 0 Å². The minimum absolute atomic E-state index is 0.0285. The van der Waals surface area contributed by atoms with Crippen molar-refractivity contribution in [1.29, 1.82) is 0 Å². The Bertz CT molecular complexity index is 661. The van der Waals surface area contributed by atoms with Gasteiger partial charge in [0.05, 0.1) is 24.0 Å². The second-order valence-electron chi connectivity index (χ2n) is 5.03. The van der Waals surface area contributed by atoms with Gasteiger partial charge in [-0.3, -0.25) is 4.79 Å². The van der Waals surface area contributed by atoms with Crippen LogP contribution in [-0.4, -0.2) is 9.78 Å². The van der Waals surface area contributed by atoms with Gasteiger partial charge in [-0.05, 0) is 39.8 Å². The van der Waals surface area contributed by atoms with Gasteiger partial charge in [0.1, 0.15) is 16.5 Å². The van der Waals surface area contributed by atoms with E-state index < -0.39 is 0 Å². The lowest BCUT2D eigenvalue weighted by molar-refractivity contribution is 0.466. The van der Waals surface area contributed by atoms with Crippen LogP contribution in [0.5, 0.6) is 0 Å². The summed E-state index contributed by atoms with van der Waals surface area (Å²) >= 11 is 6.11. The van der Waals surface area contributed by atoms with Gasteiger partial charge in [-0.15, -0.1) is 0 Å². The first-order valence-electron chi connectivity index (χ1n) is 6.50. The van der Waals surface area contributed by atoms with Crippen LogP contribution in [0.4, 0.5) is 5.69 Å². The summed E-state index contributed by atoms with van der Waals surface area (Å²) in [4.78, 5) is 12.1. The second kappa shape index (κ2) is 5.71. The Morgan fingerprint density at radius 3 is 2.60 bits per heavy atom. The first-order chi connectivity index (χ1) is 9.40. The van der Waals surface area contributed by atoms with E-state index in [2.05, 4.69) is 10.4 Å². The zero-order valence-electron chi connectivity index (χ0n) is 12.0. The average Bonchev–Trinajstić information content (AvgIpc) is 2.81. The van der Waals surface area contributed by atoms with Gasteiger partial charge in [-0.1, -0.05) is 11.6 Å². The average molecular weight is 296 g/mol. The van der Waals surface area contributed by atoms with Crippen molar-refractivity contribution in [2.24, 2.45) is 0 Å². The van der Waals surface area contributed by atoms with Crippen LogP contribution in [0.2, 0.25) is 5.02 Å². The number of nitrogens with zero attached hydrogens (tertiary/aromatic N) is 2. The van der Waals surface area contributed by atoms with Crippen LogP contribution in [0.3, 0.4) is 0 Å². The summed E-state index contributed by atoms with van der Waals surface area (Å²) in [5.74, 6) is 1.62. The highest BCUT2D eigenvalue weighted by Crippen LogP contribution is 2.24. The quantitative estimate of drug-likeness (QED) is 0.937. The standard InChI is InChI=1S/C14H18ClN3O2/c1-8(2)18-14(19)13(15)11(7-16-18)17-10(4)12-6-5-9(3)20-12/h5-8,10,17H,1-4H3. The monoisotopic (exact) mass is 295 g/mol. The maximum absolute atomic E-state index is 12.1. The summed E-state index contributed by atoms with van der Waals surface area (Å²) in [5, 5.41) is 7.40. The zero-order chi connectivity index (χ0) is 14.9. The number of hydrogen-bond acceptors (Lipinski definition) is 4.